The number of nitrogens with two attached hydrogens (primary N) is 1. The summed E-state index contributed by atoms with van der Waals surface area (Å²) in [5, 5.41) is 0. The van der Waals surface area contributed by atoms with Crippen LogP contribution in [0.2, 0.25) is 0 Å². The van der Waals surface area contributed by atoms with Crippen molar-refractivity contribution in [3.05, 3.63) is 0 Å². The van der Waals surface area contributed by atoms with Crippen LogP contribution in [-0.4, -0.2) is 4.26 Å². The summed E-state index contributed by atoms with van der Waals surface area (Å²) in [6.45, 7) is 2.28. The minimum atomic E-state index is 0.211. The Bertz CT molecular complexity index is 148. The maximum atomic E-state index is 5.65. The van der Waals surface area contributed by atoms with Crippen molar-refractivity contribution in [2.45, 2.75) is 101 Å². The molecule has 0 aromatic heterocycles. The normalized spacial score (nSPS) is 12.9. The summed E-state index contributed by atoms with van der Waals surface area (Å²) in [6, 6.07) is 0. The Hall–Kier alpha value is 0.700. The van der Waals surface area contributed by atoms with Gasteiger partial charge in [-0.2, -0.15) is 0 Å². The van der Waals surface area contributed by atoms with E-state index in [1.807, 2.05) is 0 Å². The summed E-state index contributed by atoms with van der Waals surface area (Å²) in [4.78, 5) is 0. The van der Waals surface area contributed by atoms with Crippen molar-refractivity contribution in [1.82, 2.24) is 0 Å². The van der Waals surface area contributed by atoms with E-state index in [-0.39, 0.29) is 4.26 Å². The summed E-state index contributed by atoms with van der Waals surface area (Å²) in [5.41, 5.74) is 5.65. The summed E-state index contributed by atoms with van der Waals surface area (Å²) >= 11 is 3.40. The molecule has 1 nitrogen and oxygen atoms in total. The SMILES string of the molecule is CCCCCCCCCCCCCCC[CH](N)[Ag]. The Kier molecular flexibility index (Phi) is 16.4. The van der Waals surface area contributed by atoms with Gasteiger partial charge in [0.05, 0.1) is 0 Å². The zero-order chi connectivity index (χ0) is 13.5. The second kappa shape index (κ2) is 15.8. The van der Waals surface area contributed by atoms with Gasteiger partial charge in [-0.15, -0.1) is 0 Å². The molecule has 0 aromatic carbocycles. The monoisotopic (exact) mass is 347 g/mol. The van der Waals surface area contributed by atoms with E-state index < -0.39 is 0 Å². The van der Waals surface area contributed by atoms with Crippen LogP contribution in [0.1, 0.15) is 96.8 Å². The first-order valence-electron chi connectivity index (χ1n) is 8.12. The van der Waals surface area contributed by atoms with E-state index in [4.69, 9.17) is 5.73 Å². The van der Waals surface area contributed by atoms with Crippen LogP contribution in [0.15, 0.2) is 0 Å². The molecule has 0 spiro atoms. The first-order chi connectivity index (χ1) is 8.77. The van der Waals surface area contributed by atoms with E-state index in [1.54, 1.807) is 0 Å². The Morgan fingerprint density at radius 1 is 0.667 bits per heavy atom. The fourth-order valence-corrected chi connectivity index (χ4v) is 2.64. The number of hydrogen-bond acceptors (Lipinski definition) is 1. The molecule has 0 bridgehead atoms. The van der Waals surface area contributed by atoms with Crippen molar-refractivity contribution in [1.29, 1.82) is 0 Å². The quantitative estimate of drug-likeness (QED) is 0.335. The molecule has 114 valence electrons. The average molecular weight is 348 g/mol. The van der Waals surface area contributed by atoms with Gasteiger partial charge in [0.2, 0.25) is 0 Å². The Labute approximate surface area is 128 Å². The van der Waals surface area contributed by atoms with Gasteiger partial charge in [0.1, 0.15) is 0 Å². The van der Waals surface area contributed by atoms with Crippen LogP contribution in [0.25, 0.3) is 0 Å². The molecule has 0 saturated heterocycles. The second-order valence-corrected chi connectivity index (χ2v) is 6.59. The van der Waals surface area contributed by atoms with Crippen LogP contribution in [0.4, 0.5) is 0 Å². The molecule has 0 radical (unpaired) electrons. The molecule has 0 saturated carbocycles. The Morgan fingerprint density at radius 2 is 1.00 bits per heavy atom. The van der Waals surface area contributed by atoms with Crippen molar-refractivity contribution < 1.29 is 21.1 Å². The molecular weight excluding hydrogens is 314 g/mol. The molecule has 0 fully saturated rings. The first kappa shape index (κ1) is 18.7. The van der Waals surface area contributed by atoms with Crippen molar-refractivity contribution in [2.24, 2.45) is 5.73 Å². The summed E-state index contributed by atoms with van der Waals surface area (Å²) < 4.78 is 0.211. The van der Waals surface area contributed by atoms with E-state index in [2.05, 4.69) is 28.0 Å². The summed E-state index contributed by atoms with van der Waals surface area (Å²) in [6.07, 6.45) is 19.5. The van der Waals surface area contributed by atoms with Crippen LogP contribution in [-0.2, 0) is 21.1 Å². The molecule has 0 heterocycles. The summed E-state index contributed by atoms with van der Waals surface area (Å²) in [7, 11) is 0. The first-order valence-corrected chi connectivity index (χ1v) is 8.98. The van der Waals surface area contributed by atoms with Gasteiger partial charge in [-0.1, -0.05) is 26.2 Å². The van der Waals surface area contributed by atoms with E-state index in [0.29, 0.717) is 0 Å². The van der Waals surface area contributed by atoms with Crippen LogP contribution < -0.4 is 5.73 Å². The third kappa shape index (κ3) is 16.7. The molecule has 0 aliphatic carbocycles. The van der Waals surface area contributed by atoms with Gasteiger partial charge in [-0.3, -0.25) is 0 Å². The zero-order valence-corrected chi connectivity index (χ0v) is 13.8. The molecule has 1 unspecified atom stereocenters. The van der Waals surface area contributed by atoms with Crippen LogP contribution in [0, 0.1) is 0 Å². The van der Waals surface area contributed by atoms with Crippen LogP contribution >= 0.6 is 0 Å². The standard InChI is InChI=1S/C16H34N.Ag/c1-2-3-4-5-6-7-8-9-10-11-12-13-14-15-16-17;/h16H,2-15,17H2,1H3;. The number of hydrogen-bond donors (Lipinski definition) is 1. The van der Waals surface area contributed by atoms with Gasteiger partial charge >= 0.3 is 102 Å². The van der Waals surface area contributed by atoms with Crippen molar-refractivity contribution >= 4 is 0 Å². The predicted molar refractivity (Wildman–Crippen MR) is 78.3 cm³/mol. The molecule has 0 aliphatic heterocycles. The zero-order valence-electron chi connectivity index (χ0n) is 12.4. The van der Waals surface area contributed by atoms with Crippen molar-refractivity contribution in [3.63, 3.8) is 0 Å². The fraction of sp³-hybridized carbons (Fsp3) is 1.00. The topological polar surface area (TPSA) is 26.0 Å². The third-order valence-corrected chi connectivity index (χ3v) is 3.99. The molecule has 18 heavy (non-hydrogen) atoms. The van der Waals surface area contributed by atoms with E-state index >= 15 is 0 Å². The van der Waals surface area contributed by atoms with Crippen molar-refractivity contribution in [2.75, 3.05) is 0 Å². The number of rotatable bonds is 14. The second-order valence-electron chi connectivity index (χ2n) is 5.49. The molecule has 0 amide bonds. The van der Waals surface area contributed by atoms with E-state index in [9.17, 15) is 0 Å². The maximum absolute atomic E-state index is 5.65. The van der Waals surface area contributed by atoms with Crippen molar-refractivity contribution in [3.8, 4) is 0 Å². The fourth-order valence-electron chi connectivity index (χ4n) is 2.34. The molecule has 1 atom stereocenters. The van der Waals surface area contributed by atoms with E-state index in [1.165, 1.54) is 83.5 Å². The van der Waals surface area contributed by atoms with Gasteiger partial charge in [0.25, 0.3) is 0 Å². The molecule has 2 N–H and O–H groups in total. The van der Waals surface area contributed by atoms with Gasteiger partial charge in [-0.25, -0.2) is 0 Å². The van der Waals surface area contributed by atoms with Crippen LogP contribution in [0.5, 0.6) is 0 Å². The van der Waals surface area contributed by atoms with Gasteiger partial charge in [-0.05, 0) is 0 Å². The van der Waals surface area contributed by atoms with Crippen LogP contribution in [0.3, 0.4) is 0 Å². The number of unbranched alkanes of at least 4 members (excludes halogenated alkanes) is 12. The average Bonchev–Trinajstić information content (AvgIpc) is 2.34. The molecule has 0 rings (SSSR count). The Balaban J connectivity index is 2.90. The Morgan fingerprint density at radius 3 is 1.33 bits per heavy atom. The molecule has 0 aromatic rings. The van der Waals surface area contributed by atoms with Gasteiger partial charge in [0.15, 0.2) is 0 Å². The van der Waals surface area contributed by atoms with Gasteiger partial charge < -0.3 is 0 Å². The molecule has 0 aliphatic rings. The predicted octanol–water partition coefficient (Wildman–Crippen LogP) is 5.30. The minimum absolute atomic E-state index is 0.211. The molecular formula is C16H34AgN. The third-order valence-electron chi connectivity index (χ3n) is 3.56. The summed E-state index contributed by atoms with van der Waals surface area (Å²) in [5.74, 6) is 0. The van der Waals surface area contributed by atoms with Gasteiger partial charge in [0, 0.05) is 0 Å². The van der Waals surface area contributed by atoms with E-state index in [0.717, 1.165) is 6.42 Å². The molecule has 2 heteroatoms.